The molecule has 0 bridgehead atoms. The minimum atomic E-state index is -2.36. The molecule has 2 aliphatic heterocycles. The third-order valence-electron chi connectivity index (χ3n) is 15.8. The van der Waals surface area contributed by atoms with Gasteiger partial charge in [-0.15, -0.1) is 5.06 Å². The van der Waals surface area contributed by atoms with Crippen LogP contribution in [0.2, 0.25) is 0 Å². The number of aliphatic hydroxyl groups is 2. The van der Waals surface area contributed by atoms with Gasteiger partial charge in [-0.25, -0.2) is 13.6 Å². The van der Waals surface area contributed by atoms with E-state index in [0.29, 0.717) is 29.2 Å². The minimum Gasteiger partial charge on any atom is -0.390 e. The number of hydrogen-bond donors (Lipinski definition) is 4. The normalized spacial score (nSPS) is 32.8. The Hall–Kier alpha value is -5.82. The Labute approximate surface area is 403 Å². The van der Waals surface area contributed by atoms with Crippen LogP contribution in [0.3, 0.4) is 0 Å². The first-order valence-corrected chi connectivity index (χ1v) is 24.0. The molecular weight excluding hydrogens is 913 g/mol. The lowest BCUT2D eigenvalue weighted by Gasteiger charge is -2.63. The number of allylic oxidation sites excluding steroid dienone is 4. The number of benzene rings is 2. The van der Waals surface area contributed by atoms with Gasteiger partial charge in [-0.3, -0.25) is 33.6 Å². The fourth-order valence-electron chi connectivity index (χ4n) is 12.1. The summed E-state index contributed by atoms with van der Waals surface area (Å²) in [6.45, 7) is 5.48. The smallest absolute Gasteiger partial charge is 0.333 e. The monoisotopic (exact) mass is 971 g/mol. The number of nitrogens with one attached hydrogen (secondary N) is 2. The van der Waals surface area contributed by atoms with Crippen LogP contribution in [0.1, 0.15) is 115 Å². The second kappa shape index (κ2) is 19.4. The summed E-state index contributed by atoms with van der Waals surface area (Å²) in [4.78, 5) is 105. The van der Waals surface area contributed by atoms with Crippen LogP contribution in [-0.4, -0.2) is 105 Å². The second-order valence-electron chi connectivity index (χ2n) is 20.2. The van der Waals surface area contributed by atoms with Gasteiger partial charge in [0.1, 0.15) is 12.8 Å². The van der Waals surface area contributed by atoms with Crippen molar-refractivity contribution in [2.45, 2.75) is 140 Å². The van der Waals surface area contributed by atoms with Gasteiger partial charge < -0.3 is 35.2 Å². The molecule has 2 aromatic rings. The summed E-state index contributed by atoms with van der Waals surface area (Å²) in [6.07, 6.45) is -1.27. The molecular formula is C52H59F2N3O13. The number of fused-ring (bicyclic) bond motifs is 7. The van der Waals surface area contributed by atoms with Crippen molar-refractivity contribution in [2.75, 3.05) is 11.9 Å². The molecule has 18 heteroatoms. The van der Waals surface area contributed by atoms with Crippen molar-refractivity contribution in [1.82, 2.24) is 10.4 Å². The van der Waals surface area contributed by atoms with Gasteiger partial charge >= 0.3 is 5.97 Å². The van der Waals surface area contributed by atoms with Crippen molar-refractivity contribution in [2.24, 2.45) is 28.6 Å². The molecule has 4 aliphatic carbocycles. The second-order valence-corrected chi connectivity index (χ2v) is 20.2. The zero-order valence-corrected chi connectivity index (χ0v) is 39.5. The Bertz CT molecular complexity index is 2530. The number of halogens is 2. The van der Waals surface area contributed by atoms with Crippen LogP contribution < -0.4 is 10.6 Å². The fourth-order valence-corrected chi connectivity index (χ4v) is 12.1. The van der Waals surface area contributed by atoms with E-state index in [9.17, 15) is 48.6 Å². The van der Waals surface area contributed by atoms with E-state index in [1.54, 1.807) is 38.1 Å². The average molecular weight is 972 g/mol. The standard InChI is InChI=1S/C52H59F2N3O13/c1-28(20-39(60)29(2)55-43(63)10-5-6-11-46(66)70-57-44(64)16-17-45(57)65)47(67)56-33-9-7-8-31(22-33)21-30-12-14-32(15-13-30)48-68-42-25-35-36-24-38(53)37-23-34(59)18-19-49(37,3)51(36,54)40(61)26-50(35,4)52(42,69-48)41(62)27-58/h7-9,12-15,18-19,22-23,28-29,35-36,38,40,42,48,58,61H,5-6,10-11,16-17,20-21,24-27H2,1-4H3,(H,55,63)(H,56,67)/t28-,29+,35+,36+,38+,40+,42?,48?,49+,50+,51+,52-/m1/s1. The highest BCUT2D eigenvalue weighted by Crippen LogP contribution is 2.72. The quantitative estimate of drug-likeness (QED) is 0.119. The van der Waals surface area contributed by atoms with E-state index >= 15 is 8.78 Å². The summed E-state index contributed by atoms with van der Waals surface area (Å²) < 4.78 is 46.8. The van der Waals surface area contributed by atoms with Crippen LogP contribution in [0.15, 0.2) is 72.3 Å². The van der Waals surface area contributed by atoms with E-state index in [0.717, 1.165) is 17.2 Å². The van der Waals surface area contributed by atoms with Gasteiger partial charge in [0.05, 0.1) is 18.2 Å². The third kappa shape index (κ3) is 8.85. The van der Waals surface area contributed by atoms with Crippen molar-refractivity contribution in [1.29, 1.82) is 0 Å². The highest BCUT2D eigenvalue weighted by Gasteiger charge is 2.80. The minimum absolute atomic E-state index is 0.00411. The van der Waals surface area contributed by atoms with Crippen LogP contribution in [0, 0.1) is 28.6 Å². The Morgan fingerprint density at radius 1 is 0.943 bits per heavy atom. The van der Waals surface area contributed by atoms with E-state index in [2.05, 4.69) is 10.6 Å². The van der Waals surface area contributed by atoms with Crippen molar-refractivity contribution in [3.63, 3.8) is 0 Å². The first-order valence-electron chi connectivity index (χ1n) is 24.0. The number of amides is 4. The summed E-state index contributed by atoms with van der Waals surface area (Å²) in [5.74, 6) is -6.66. The lowest BCUT2D eigenvalue weighted by molar-refractivity contribution is -0.235. The number of ketones is 3. The molecule has 5 fully saturated rings. The number of anilines is 1. The number of carbonyl (C=O) groups excluding carboxylic acids is 8. The summed E-state index contributed by atoms with van der Waals surface area (Å²) in [7, 11) is 0. The van der Waals surface area contributed by atoms with Crippen LogP contribution >= 0.6 is 0 Å². The maximum Gasteiger partial charge on any atom is 0.333 e. The van der Waals surface area contributed by atoms with Gasteiger partial charge in [0.2, 0.25) is 11.8 Å². The largest absolute Gasteiger partial charge is 0.390 e. The number of carbonyl (C=O) groups is 8. The van der Waals surface area contributed by atoms with E-state index in [4.69, 9.17) is 14.3 Å². The number of nitrogens with zero attached hydrogens (tertiary/aromatic N) is 1. The first-order chi connectivity index (χ1) is 33.1. The summed E-state index contributed by atoms with van der Waals surface area (Å²) in [5.41, 5.74) is -4.15. The zero-order valence-electron chi connectivity index (χ0n) is 39.5. The van der Waals surface area contributed by atoms with E-state index < -0.39 is 118 Å². The van der Waals surface area contributed by atoms with Crippen molar-refractivity contribution >= 4 is 52.6 Å². The van der Waals surface area contributed by atoms with Gasteiger partial charge in [-0.2, -0.15) is 0 Å². The molecule has 4 N–H and O–H groups in total. The van der Waals surface area contributed by atoms with Crippen LogP contribution in [0.5, 0.6) is 0 Å². The lowest BCUT2D eigenvalue weighted by atomic mass is 9.44. The molecule has 0 aromatic heterocycles. The third-order valence-corrected chi connectivity index (χ3v) is 15.8. The number of hydroxylamine groups is 2. The lowest BCUT2D eigenvalue weighted by Crippen LogP contribution is -2.70. The summed E-state index contributed by atoms with van der Waals surface area (Å²) in [5, 5.41) is 28.1. The molecule has 8 rings (SSSR count). The van der Waals surface area contributed by atoms with Crippen molar-refractivity contribution in [3.8, 4) is 0 Å². The van der Waals surface area contributed by atoms with Gasteiger partial charge in [0, 0.05) is 66.0 Å². The molecule has 2 unspecified atom stereocenters. The van der Waals surface area contributed by atoms with Crippen molar-refractivity contribution < 1.29 is 71.7 Å². The SMILES string of the molecule is C[C@H](CC(=O)[C@H](C)NC(=O)CCCCC(=O)ON1C(=O)CCC1=O)C(=O)Nc1cccc(Cc2ccc(C3OC4C[C@H]5[C@@H]6C[C@H](F)C7=CC(=O)C=C[C@]7(C)[C@@]6(F)[C@@H](O)C[C@]5(C)[C@]4(C(=O)CO)O3)cc2)c1. The summed E-state index contributed by atoms with van der Waals surface area (Å²) in [6, 6.07) is 13.6. The number of hydrogen-bond acceptors (Lipinski definition) is 13. The molecule has 2 aromatic carbocycles. The average Bonchev–Trinajstić information content (AvgIpc) is 3.94. The van der Waals surface area contributed by atoms with E-state index in [1.807, 2.05) is 24.3 Å². The molecule has 3 saturated carbocycles. The highest BCUT2D eigenvalue weighted by atomic mass is 19.1. The first kappa shape index (κ1) is 50.6. The number of rotatable bonds is 17. The van der Waals surface area contributed by atoms with Gasteiger partial charge in [0.25, 0.3) is 11.8 Å². The Morgan fingerprint density at radius 3 is 2.34 bits per heavy atom. The van der Waals surface area contributed by atoms with E-state index in [-0.39, 0.29) is 69.1 Å². The van der Waals surface area contributed by atoms with Crippen LogP contribution in [0.25, 0.3) is 0 Å². The summed E-state index contributed by atoms with van der Waals surface area (Å²) >= 11 is 0. The van der Waals surface area contributed by atoms with Gasteiger partial charge in [-0.05, 0) is 99.3 Å². The number of ether oxygens (including phenoxy) is 2. The van der Waals surface area contributed by atoms with Crippen LogP contribution in [-0.2, 0) is 59.1 Å². The molecule has 2 heterocycles. The number of imide groups is 1. The molecule has 4 amide bonds. The topological polar surface area (TPSA) is 232 Å². The molecule has 6 aliphatic rings. The van der Waals surface area contributed by atoms with Crippen LogP contribution in [0.4, 0.5) is 14.5 Å². The predicted octanol–water partition coefficient (Wildman–Crippen LogP) is 5.13. The number of unbranched alkanes of at least 4 members (excludes halogenated alkanes) is 1. The molecule has 16 nitrogen and oxygen atoms in total. The molecule has 70 heavy (non-hydrogen) atoms. The van der Waals surface area contributed by atoms with Crippen molar-refractivity contribution in [3.05, 3.63) is 89.0 Å². The maximum atomic E-state index is 17.8. The van der Waals surface area contributed by atoms with Gasteiger partial charge in [-0.1, -0.05) is 56.3 Å². The van der Waals surface area contributed by atoms with Gasteiger partial charge in [0.15, 0.2) is 34.9 Å². The molecule has 2 saturated heterocycles. The highest BCUT2D eigenvalue weighted by molar-refractivity contribution is 6.02. The molecule has 0 radical (unpaired) electrons. The zero-order chi connectivity index (χ0) is 50.5. The Balaban J connectivity index is 0.833. The Morgan fingerprint density at radius 2 is 1.64 bits per heavy atom. The molecule has 0 spiro atoms. The molecule has 374 valence electrons. The predicted molar refractivity (Wildman–Crippen MR) is 244 cm³/mol. The number of aliphatic hydroxyl groups excluding tert-OH is 2. The number of alkyl halides is 2. The van der Waals surface area contributed by atoms with E-state index in [1.165, 1.54) is 26.0 Å². The number of Topliss-reactive ketones (excluding diaryl/α,β-unsaturated/α-hetero) is 2. The molecule has 12 atom stereocenters. The maximum absolute atomic E-state index is 17.8. The fraction of sp³-hybridized carbons (Fsp3) is 0.538. The Kier molecular flexibility index (Phi) is 14.0.